The van der Waals surface area contributed by atoms with Crippen LogP contribution in [-0.2, 0) is 0 Å². The van der Waals surface area contributed by atoms with E-state index < -0.39 is 9.67 Å². The van der Waals surface area contributed by atoms with Crippen molar-refractivity contribution in [3.8, 4) is 0 Å². The van der Waals surface area contributed by atoms with Gasteiger partial charge in [0.25, 0.3) is 0 Å². The fraction of sp³-hybridized carbons (Fsp3) is 0.308. The van der Waals surface area contributed by atoms with E-state index in [2.05, 4.69) is 5.32 Å². The third-order valence-electron chi connectivity index (χ3n) is 2.80. The van der Waals surface area contributed by atoms with Crippen LogP contribution in [0.3, 0.4) is 0 Å². The first-order valence-electron chi connectivity index (χ1n) is 6.09. The molecule has 0 amide bonds. The summed E-state index contributed by atoms with van der Waals surface area (Å²) in [6.07, 6.45) is 1.89. The molecule has 0 radical (unpaired) electrons. The van der Waals surface area contributed by atoms with Crippen molar-refractivity contribution in [3.63, 3.8) is 0 Å². The van der Waals surface area contributed by atoms with Crippen molar-refractivity contribution >= 4 is 32.8 Å². The Bertz CT molecular complexity index is 666. The molecule has 6 heteroatoms. The number of hydrogen-bond acceptors (Lipinski definition) is 5. The molecular weight excluding hydrogens is 264 g/mol. The second-order valence-corrected chi connectivity index (χ2v) is 5.16. The third-order valence-corrected chi connectivity index (χ3v) is 3.76. The SMILES string of the molecule is CCCCNc1c([N+](=O)[O-])c(=O)sc2ccccc12. The zero-order valence-electron chi connectivity index (χ0n) is 10.5. The van der Waals surface area contributed by atoms with Crippen LogP contribution in [0.15, 0.2) is 29.1 Å². The number of nitrogens with zero attached hydrogens (tertiary/aromatic N) is 1. The fourth-order valence-electron chi connectivity index (χ4n) is 1.87. The van der Waals surface area contributed by atoms with Gasteiger partial charge < -0.3 is 5.32 Å². The van der Waals surface area contributed by atoms with Crippen LogP contribution in [0.5, 0.6) is 0 Å². The summed E-state index contributed by atoms with van der Waals surface area (Å²) in [4.78, 5) is 22.4. The third kappa shape index (κ3) is 2.73. The van der Waals surface area contributed by atoms with E-state index in [0.717, 1.165) is 34.3 Å². The summed E-state index contributed by atoms with van der Waals surface area (Å²) in [5.74, 6) is 0. The number of benzene rings is 1. The molecule has 0 aliphatic heterocycles. The number of nitrogens with one attached hydrogen (secondary N) is 1. The minimum atomic E-state index is -0.598. The van der Waals surface area contributed by atoms with Crippen LogP contribution in [0.1, 0.15) is 19.8 Å². The molecule has 2 aromatic rings. The molecule has 5 nitrogen and oxygen atoms in total. The minimum absolute atomic E-state index is 0.345. The van der Waals surface area contributed by atoms with Gasteiger partial charge in [-0.15, -0.1) is 0 Å². The first kappa shape index (κ1) is 13.5. The first-order valence-corrected chi connectivity index (χ1v) is 6.91. The number of hydrogen-bond donors (Lipinski definition) is 1. The lowest BCUT2D eigenvalue weighted by molar-refractivity contribution is -0.384. The topological polar surface area (TPSA) is 72.2 Å². The van der Waals surface area contributed by atoms with Crippen LogP contribution in [0.4, 0.5) is 11.4 Å². The number of fused-ring (bicyclic) bond motifs is 1. The summed E-state index contributed by atoms with van der Waals surface area (Å²) >= 11 is 0.913. The number of unbranched alkanes of at least 4 members (excludes halogenated alkanes) is 1. The molecular formula is C13H14N2O3S. The maximum Gasteiger partial charge on any atom is 0.350 e. The maximum absolute atomic E-state index is 11.9. The minimum Gasteiger partial charge on any atom is -0.379 e. The first-order chi connectivity index (χ1) is 9.15. The van der Waals surface area contributed by atoms with Crippen molar-refractivity contribution in [1.82, 2.24) is 0 Å². The van der Waals surface area contributed by atoms with Gasteiger partial charge in [-0.3, -0.25) is 14.9 Å². The van der Waals surface area contributed by atoms with E-state index in [1.165, 1.54) is 0 Å². The second-order valence-electron chi connectivity index (χ2n) is 4.15. The summed E-state index contributed by atoms with van der Waals surface area (Å²) in [5.41, 5.74) is -0.00222. The van der Waals surface area contributed by atoms with Crippen molar-refractivity contribution in [2.45, 2.75) is 19.8 Å². The van der Waals surface area contributed by atoms with Crippen LogP contribution < -0.4 is 10.1 Å². The smallest absolute Gasteiger partial charge is 0.350 e. The van der Waals surface area contributed by atoms with Gasteiger partial charge >= 0.3 is 10.4 Å². The summed E-state index contributed by atoms with van der Waals surface area (Å²) in [6.45, 7) is 2.66. The summed E-state index contributed by atoms with van der Waals surface area (Å²) < 4.78 is 0.250. The molecule has 0 saturated carbocycles. The fourth-order valence-corrected chi connectivity index (χ4v) is 2.77. The molecule has 0 aliphatic rings. The molecule has 0 spiro atoms. The van der Waals surface area contributed by atoms with Crippen molar-refractivity contribution in [1.29, 1.82) is 0 Å². The van der Waals surface area contributed by atoms with Crippen LogP contribution >= 0.6 is 11.3 Å². The summed E-state index contributed by atoms with van der Waals surface area (Å²) in [7, 11) is 0. The van der Waals surface area contributed by atoms with Crippen molar-refractivity contribution in [2.75, 3.05) is 11.9 Å². The van der Waals surface area contributed by atoms with E-state index in [1.54, 1.807) is 12.1 Å². The van der Waals surface area contributed by atoms with Gasteiger partial charge in [-0.05, 0) is 12.5 Å². The Kier molecular flexibility index (Phi) is 4.11. The standard InChI is InChI=1S/C13H14N2O3S/c1-2-3-8-14-11-9-6-4-5-7-10(9)19-13(16)12(11)15(17)18/h4-7,14H,2-3,8H2,1H3. The van der Waals surface area contributed by atoms with E-state index in [9.17, 15) is 14.9 Å². The predicted molar refractivity (Wildman–Crippen MR) is 78.1 cm³/mol. The summed E-state index contributed by atoms with van der Waals surface area (Å²) in [5, 5.41) is 14.9. The van der Waals surface area contributed by atoms with Crippen LogP contribution in [0, 0.1) is 10.1 Å². The monoisotopic (exact) mass is 278 g/mol. The molecule has 1 heterocycles. The zero-order chi connectivity index (χ0) is 13.8. The quantitative estimate of drug-likeness (QED) is 0.517. The van der Waals surface area contributed by atoms with Crippen LogP contribution in [-0.4, -0.2) is 11.5 Å². The van der Waals surface area contributed by atoms with E-state index >= 15 is 0 Å². The van der Waals surface area contributed by atoms with Gasteiger partial charge in [0.05, 0.1) is 4.92 Å². The van der Waals surface area contributed by atoms with Crippen molar-refractivity contribution in [3.05, 3.63) is 43.9 Å². The molecule has 0 aliphatic carbocycles. The van der Waals surface area contributed by atoms with Gasteiger partial charge in [-0.25, -0.2) is 0 Å². The molecule has 1 aromatic heterocycles. The Labute approximate surface area is 114 Å². The van der Waals surface area contributed by atoms with E-state index in [-0.39, 0.29) is 5.69 Å². The average molecular weight is 278 g/mol. The zero-order valence-corrected chi connectivity index (χ0v) is 11.3. The molecule has 19 heavy (non-hydrogen) atoms. The Morgan fingerprint density at radius 3 is 2.79 bits per heavy atom. The molecule has 0 fully saturated rings. The highest BCUT2D eigenvalue weighted by Gasteiger charge is 2.22. The van der Waals surface area contributed by atoms with Gasteiger partial charge in [0.15, 0.2) is 0 Å². The lowest BCUT2D eigenvalue weighted by atomic mass is 10.2. The molecule has 1 N–H and O–H groups in total. The average Bonchev–Trinajstić information content (AvgIpc) is 2.38. The number of nitro groups is 1. The Morgan fingerprint density at radius 2 is 2.11 bits per heavy atom. The van der Waals surface area contributed by atoms with Gasteiger partial charge in [0.2, 0.25) is 0 Å². The molecule has 2 rings (SSSR count). The van der Waals surface area contributed by atoms with Crippen molar-refractivity contribution < 1.29 is 4.92 Å². The number of anilines is 1. The maximum atomic E-state index is 11.9. The van der Waals surface area contributed by atoms with E-state index in [1.807, 2.05) is 19.1 Å². The molecule has 0 atom stereocenters. The second kappa shape index (κ2) is 5.79. The Balaban J connectivity index is 2.62. The van der Waals surface area contributed by atoms with Crippen LogP contribution in [0.25, 0.3) is 10.1 Å². The van der Waals surface area contributed by atoms with E-state index in [0.29, 0.717) is 12.2 Å². The highest BCUT2D eigenvalue weighted by molar-refractivity contribution is 7.16. The normalized spacial score (nSPS) is 10.6. The van der Waals surface area contributed by atoms with Gasteiger partial charge in [0.1, 0.15) is 5.69 Å². The molecule has 100 valence electrons. The van der Waals surface area contributed by atoms with Gasteiger partial charge in [0, 0.05) is 16.6 Å². The van der Waals surface area contributed by atoms with Gasteiger partial charge in [-0.2, -0.15) is 0 Å². The van der Waals surface area contributed by atoms with E-state index in [4.69, 9.17) is 0 Å². The molecule has 0 unspecified atom stereocenters. The summed E-state index contributed by atoms with van der Waals surface area (Å²) in [6, 6.07) is 7.23. The predicted octanol–water partition coefficient (Wildman–Crippen LogP) is 3.38. The van der Waals surface area contributed by atoms with Crippen molar-refractivity contribution in [2.24, 2.45) is 0 Å². The molecule has 0 bridgehead atoms. The highest BCUT2D eigenvalue weighted by atomic mass is 32.1. The lowest BCUT2D eigenvalue weighted by Gasteiger charge is -2.08. The van der Waals surface area contributed by atoms with Gasteiger partial charge in [-0.1, -0.05) is 42.9 Å². The Morgan fingerprint density at radius 1 is 1.37 bits per heavy atom. The Hall–Kier alpha value is -1.95. The molecule has 1 aromatic carbocycles. The number of rotatable bonds is 5. The molecule has 0 saturated heterocycles. The largest absolute Gasteiger partial charge is 0.379 e. The lowest BCUT2D eigenvalue weighted by Crippen LogP contribution is -2.11. The van der Waals surface area contributed by atoms with Crippen LogP contribution in [0.2, 0.25) is 0 Å². The highest BCUT2D eigenvalue weighted by Crippen LogP contribution is 2.31.